The van der Waals surface area contributed by atoms with Gasteiger partial charge in [0.25, 0.3) is 0 Å². The average molecular weight is 160 g/mol. The van der Waals surface area contributed by atoms with Crippen LogP contribution in [0.25, 0.3) is 0 Å². The second kappa shape index (κ2) is 4.53. The van der Waals surface area contributed by atoms with Crippen LogP contribution >= 0.6 is 0 Å². The second-order valence-corrected chi connectivity index (χ2v) is 1.41. The van der Waals surface area contributed by atoms with Gasteiger partial charge in [0.05, 0.1) is 0 Å². The Morgan fingerprint density at radius 3 is 1.80 bits per heavy atom. The molecule has 0 amide bonds. The van der Waals surface area contributed by atoms with Gasteiger partial charge in [-0.25, -0.2) is 0 Å². The van der Waals surface area contributed by atoms with Crippen LogP contribution in [-0.2, 0) is 25.6 Å². The van der Waals surface area contributed by atoms with Crippen molar-refractivity contribution >= 4 is 0 Å². The molecule has 0 bridgehead atoms. The van der Waals surface area contributed by atoms with Crippen LogP contribution in [0.15, 0.2) is 0 Å². The number of hydrogen-bond donors (Lipinski definition) is 1. The SMILES string of the molecule is [NH4+].[O]=[Zr]([O-])[F]. The van der Waals surface area contributed by atoms with Gasteiger partial charge in [0.2, 0.25) is 0 Å². The van der Waals surface area contributed by atoms with Crippen LogP contribution in [0, 0.1) is 0 Å². The predicted molar refractivity (Wildman–Crippen MR) is 7.78 cm³/mol. The molecule has 0 aromatic heterocycles. The van der Waals surface area contributed by atoms with Crippen LogP contribution in [0.3, 0.4) is 0 Å². The summed E-state index contributed by atoms with van der Waals surface area (Å²) in [6, 6.07) is 0. The topological polar surface area (TPSA) is 76.6 Å². The Kier molecular flexibility index (Phi) is 8.26. The summed E-state index contributed by atoms with van der Waals surface area (Å²) in [6.07, 6.45) is 0. The Labute approximate surface area is 38.0 Å². The summed E-state index contributed by atoms with van der Waals surface area (Å²) in [5, 5.41) is 0. The van der Waals surface area contributed by atoms with Gasteiger partial charge in [-0.3, -0.25) is 0 Å². The third-order valence-corrected chi connectivity index (χ3v) is 0. The Balaban J connectivity index is 0. The van der Waals surface area contributed by atoms with E-state index in [1.807, 2.05) is 0 Å². The predicted octanol–water partition coefficient (Wildman–Crippen LogP) is -0.514. The van der Waals surface area contributed by atoms with Crippen LogP contribution in [0.2, 0.25) is 0 Å². The van der Waals surface area contributed by atoms with Gasteiger partial charge >= 0.3 is 31.4 Å². The van der Waals surface area contributed by atoms with Gasteiger partial charge in [-0.05, 0) is 0 Å². The van der Waals surface area contributed by atoms with E-state index in [4.69, 9.17) is 6.00 Å². The molecule has 0 saturated heterocycles. The van der Waals surface area contributed by atoms with Gasteiger partial charge in [-0.1, -0.05) is 0 Å². The molecule has 32 valence electrons. The molecule has 0 fully saturated rings. The molecule has 0 radical (unpaired) electrons. The quantitative estimate of drug-likeness (QED) is 0.518. The second-order valence-electron chi connectivity index (χ2n) is 0.238. The van der Waals surface area contributed by atoms with E-state index in [-0.39, 0.29) is 6.15 Å². The molecule has 0 saturated carbocycles. The molecule has 5 heteroatoms. The minimum absolute atomic E-state index is 0. The molecule has 0 atom stereocenters. The van der Waals surface area contributed by atoms with E-state index >= 15 is 0 Å². The van der Waals surface area contributed by atoms with Gasteiger partial charge < -0.3 is 6.15 Å². The summed E-state index contributed by atoms with van der Waals surface area (Å²) in [7, 11) is 0. The number of halogens is 1. The average Bonchev–Trinajstić information content (AvgIpc) is 0.811. The molecule has 0 aromatic rings. The first-order valence-electron chi connectivity index (χ1n) is 0.597. The molecule has 5 heavy (non-hydrogen) atoms. The fourth-order valence-corrected chi connectivity index (χ4v) is 0. The molecule has 3 nitrogen and oxygen atoms in total. The fraction of sp³-hybridized carbons (Fsp3) is 0. The maximum atomic E-state index is 10.1. The van der Waals surface area contributed by atoms with Crippen molar-refractivity contribution in [1.82, 2.24) is 6.15 Å². The van der Waals surface area contributed by atoms with Crippen molar-refractivity contribution in [2.45, 2.75) is 0 Å². The van der Waals surface area contributed by atoms with Crippen molar-refractivity contribution in [3.63, 3.8) is 0 Å². The van der Waals surface area contributed by atoms with Gasteiger partial charge in [0, 0.05) is 0 Å². The summed E-state index contributed by atoms with van der Waals surface area (Å²) in [5.74, 6) is 0. The third kappa shape index (κ3) is 102. The van der Waals surface area contributed by atoms with E-state index in [2.05, 4.69) is 0 Å². The Hall–Kier alpha value is 0.533. The van der Waals surface area contributed by atoms with Crippen LogP contribution < -0.4 is 9.33 Å². The van der Waals surface area contributed by atoms with E-state index in [0.29, 0.717) is 0 Å². The van der Waals surface area contributed by atoms with E-state index in [0.717, 1.165) is 0 Å². The maximum absolute atomic E-state index is 10.1. The van der Waals surface area contributed by atoms with Crippen molar-refractivity contribution in [2.24, 2.45) is 0 Å². The minimum atomic E-state index is -4.54. The molecule has 0 aromatic carbocycles. The molecule has 0 rings (SSSR count). The summed E-state index contributed by atoms with van der Waals surface area (Å²) >= 11 is -4.54. The summed E-state index contributed by atoms with van der Waals surface area (Å²) in [4.78, 5) is 0. The van der Waals surface area contributed by atoms with Crippen molar-refractivity contribution in [3.05, 3.63) is 0 Å². The van der Waals surface area contributed by atoms with E-state index in [9.17, 15) is 2.63 Å². The van der Waals surface area contributed by atoms with E-state index in [1.165, 1.54) is 0 Å². The normalized spacial score (nSPS) is 5.20. The summed E-state index contributed by atoms with van der Waals surface area (Å²) in [5.41, 5.74) is 0. The number of hydrogen-bond acceptors (Lipinski definition) is 2. The first kappa shape index (κ1) is 9.11. The summed E-state index contributed by atoms with van der Waals surface area (Å²) in [6.45, 7) is 0. The first-order valence-corrected chi connectivity index (χ1v) is 3.53. The van der Waals surface area contributed by atoms with Crippen molar-refractivity contribution in [2.75, 3.05) is 0 Å². The molecular formula is H4FNO2Zr. The number of rotatable bonds is 0. The molecule has 0 aliphatic heterocycles. The van der Waals surface area contributed by atoms with Crippen LogP contribution in [0.1, 0.15) is 0 Å². The third-order valence-electron chi connectivity index (χ3n) is 0. The van der Waals surface area contributed by atoms with Gasteiger partial charge in [-0.2, -0.15) is 0 Å². The van der Waals surface area contributed by atoms with Crippen LogP contribution in [0.5, 0.6) is 0 Å². The molecular weight excluding hydrogens is 156 g/mol. The zero-order valence-electron chi connectivity index (χ0n) is 2.69. The van der Waals surface area contributed by atoms with Crippen molar-refractivity contribution in [3.8, 4) is 0 Å². The zero-order chi connectivity index (χ0) is 3.58. The van der Waals surface area contributed by atoms with Gasteiger partial charge in [0.1, 0.15) is 0 Å². The van der Waals surface area contributed by atoms with E-state index in [1.54, 1.807) is 0 Å². The van der Waals surface area contributed by atoms with Gasteiger partial charge in [-0.15, -0.1) is 0 Å². The molecule has 0 aliphatic rings. The summed E-state index contributed by atoms with van der Waals surface area (Å²) < 4.78 is 27.1. The Bertz CT molecular complexity index is 32.6. The standard InChI is InChI=1S/FH.H3N.2O.Zr/h1H;1H3;;;/q;;;-1;+1. The molecule has 0 unspecified atom stereocenters. The molecule has 0 spiro atoms. The van der Waals surface area contributed by atoms with Crippen LogP contribution in [-0.4, -0.2) is 0 Å². The van der Waals surface area contributed by atoms with E-state index < -0.39 is 22.8 Å². The first-order chi connectivity index (χ1) is 1.73. The van der Waals surface area contributed by atoms with Gasteiger partial charge in [0.15, 0.2) is 0 Å². The van der Waals surface area contributed by atoms with Crippen molar-refractivity contribution in [1.29, 1.82) is 0 Å². The van der Waals surface area contributed by atoms with Crippen LogP contribution in [0.4, 0.5) is 2.63 Å². The monoisotopic (exact) mass is 159 g/mol. The Morgan fingerprint density at radius 2 is 1.80 bits per heavy atom. The molecule has 0 heterocycles. The fourth-order valence-electron chi connectivity index (χ4n) is 0. The number of quaternary nitrogens is 1. The van der Waals surface area contributed by atoms with Crippen molar-refractivity contribution < 1.29 is 31.4 Å². The zero-order valence-corrected chi connectivity index (χ0v) is 5.15. The molecule has 4 N–H and O–H groups in total. The Morgan fingerprint density at radius 1 is 1.80 bits per heavy atom. The molecule has 0 aliphatic carbocycles.